The molecule has 3 N–H and O–H groups in total. The Hall–Kier alpha value is -1.35. The Bertz CT molecular complexity index is 399. The Kier molecular flexibility index (Phi) is 3.79. The number of hydrogen-bond acceptors (Lipinski definition) is 2. The van der Waals surface area contributed by atoms with Crippen LogP contribution < -0.4 is 11.1 Å². The normalized spacial score (nSPS) is 16.8. The molecule has 0 radical (unpaired) electrons. The van der Waals surface area contributed by atoms with Crippen LogP contribution in [0.1, 0.15) is 43.2 Å². The third-order valence-corrected chi connectivity index (χ3v) is 3.22. The Balaban J connectivity index is 1.92. The number of primary amides is 1. The van der Waals surface area contributed by atoms with Crippen molar-refractivity contribution in [1.29, 1.82) is 0 Å². The van der Waals surface area contributed by atoms with E-state index in [0.29, 0.717) is 6.42 Å². The van der Waals surface area contributed by atoms with E-state index in [1.807, 2.05) is 6.92 Å². The van der Waals surface area contributed by atoms with Crippen molar-refractivity contribution >= 4 is 5.91 Å². The summed E-state index contributed by atoms with van der Waals surface area (Å²) in [4.78, 5) is 10.8. The van der Waals surface area contributed by atoms with Gasteiger partial charge in [-0.05, 0) is 36.8 Å². The van der Waals surface area contributed by atoms with E-state index in [2.05, 4.69) is 29.6 Å². The minimum absolute atomic E-state index is 0.139. The highest BCUT2D eigenvalue weighted by molar-refractivity contribution is 5.74. The zero-order valence-corrected chi connectivity index (χ0v) is 10.3. The Morgan fingerprint density at radius 2 is 2.18 bits per heavy atom. The average Bonchev–Trinajstić information content (AvgIpc) is 3.09. The van der Waals surface area contributed by atoms with Gasteiger partial charge in [-0.1, -0.05) is 24.3 Å². The van der Waals surface area contributed by atoms with Gasteiger partial charge in [0.2, 0.25) is 5.91 Å². The lowest BCUT2D eigenvalue weighted by molar-refractivity contribution is -0.118. The smallest absolute Gasteiger partial charge is 0.218 e. The van der Waals surface area contributed by atoms with Gasteiger partial charge in [0.05, 0.1) is 0 Å². The van der Waals surface area contributed by atoms with Crippen molar-refractivity contribution < 1.29 is 4.79 Å². The van der Waals surface area contributed by atoms with E-state index in [-0.39, 0.29) is 11.9 Å². The molecule has 0 spiro atoms. The van der Waals surface area contributed by atoms with Crippen LogP contribution in [-0.4, -0.2) is 11.9 Å². The minimum atomic E-state index is -0.250. The number of carbonyl (C=O) groups excluding carboxylic acids is 1. The third-order valence-electron chi connectivity index (χ3n) is 3.22. The van der Waals surface area contributed by atoms with E-state index in [9.17, 15) is 4.79 Å². The fourth-order valence-corrected chi connectivity index (χ4v) is 2.15. The molecule has 3 heteroatoms. The van der Waals surface area contributed by atoms with Gasteiger partial charge in [0.1, 0.15) is 0 Å². The first-order valence-electron chi connectivity index (χ1n) is 6.26. The number of nitrogens with two attached hydrogens (primary N) is 1. The van der Waals surface area contributed by atoms with Gasteiger partial charge in [-0.15, -0.1) is 0 Å². The fourth-order valence-electron chi connectivity index (χ4n) is 2.15. The van der Waals surface area contributed by atoms with Gasteiger partial charge < -0.3 is 11.1 Å². The molecule has 92 valence electrons. The number of amides is 1. The molecule has 0 aliphatic heterocycles. The van der Waals surface area contributed by atoms with E-state index in [1.54, 1.807) is 0 Å². The first-order chi connectivity index (χ1) is 8.16. The van der Waals surface area contributed by atoms with E-state index >= 15 is 0 Å². The number of nitrogens with one attached hydrogen (secondary N) is 1. The molecule has 3 nitrogen and oxygen atoms in total. The second-order valence-corrected chi connectivity index (χ2v) is 4.93. The first-order valence-corrected chi connectivity index (χ1v) is 6.26. The number of rotatable bonds is 6. The second-order valence-electron chi connectivity index (χ2n) is 4.93. The van der Waals surface area contributed by atoms with Gasteiger partial charge >= 0.3 is 0 Å². The van der Waals surface area contributed by atoms with Crippen LogP contribution in [0.25, 0.3) is 0 Å². The molecule has 1 aliphatic carbocycles. The highest BCUT2D eigenvalue weighted by atomic mass is 16.1. The van der Waals surface area contributed by atoms with Crippen molar-refractivity contribution in [3.05, 3.63) is 35.4 Å². The molecule has 2 rings (SSSR count). The first kappa shape index (κ1) is 12.1. The molecule has 0 aromatic heterocycles. The van der Waals surface area contributed by atoms with E-state index < -0.39 is 0 Å². The van der Waals surface area contributed by atoms with Gasteiger partial charge in [-0.2, -0.15) is 0 Å². The molecule has 1 amide bonds. The molecule has 1 aliphatic rings. The molecule has 1 aromatic rings. The highest BCUT2D eigenvalue weighted by Gasteiger charge is 2.25. The summed E-state index contributed by atoms with van der Waals surface area (Å²) < 4.78 is 0. The summed E-state index contributed by atoms with van der Waals surface area (Å²) >= 11 is 0. The summed E-state index contributed by atoms with van der Waals surface area (Å²) in [6.07, 6.45) is 3.02. The maximum Gasteiger partial charge on any atom is 0.218 e. The number of benzene rings is 1. The molecule has 0 bridgehead atoms. The standard InChI is InChI=1S/C14H20N2O/c1-10(8-14(15)17)16-9-12-4-2-3-5-13(12)11-6-7-11/h2-5,10-11,16H,6-9H2,1H3,(H2,15,17). The van der Waals surface area contributed by atoms with Crippen LogP contribution in [0.15, 0.2) is 24.3 Å². The van der Waals surface area contributed by atoms with Crippen LogP contribution in [0.3, 0.4) is 0 Å². The van der Waals surface area contributed by atoms with Crippen LogP contribution >= 0.6 is 0 Å². The lowest BCUT2D eigenvalue weighted by Crippen LogP contribution is -2.30. The van der Waals surface area contributed by atoms with Crippen LogP contribution in [0, 0.1) is 0 Å². The molecule has 1 atom stereocenters. The van der Waals surface area contributed by atoms with Crippen LogP contribution in [0.5, 0.6) is 0 Å². The lowest BCUT2D eigenvalue weighted by Gasteiger charge is -2.14. The molecule has 1 saturated carbocycles. The summed E-state index contributed by atoms with van der Waals surface area (Å²) in [6.45, 7) is 2.81. The van der Waals surface area contributed by atoms with Crippen molar-refractivity contribution in [3.63, 3.8) is 0 Å². The molecular weight excluding hydrogens is 212 g/mol. The molecular formula is C14H20N2O. The van der Waals surface area contributed by atoms with Crippen molar-refractivity contribution in [2.45, 2.75) is 44.7 Å². The highest BCUT2D eigenvalue weighted by Crippen LogP contribution is 2.41. The summed E-state index contributed by atoms with van der Waals surface area (Å²) in [5.74, 6) is 0.514. The SMILES string of the molecule is CC(CC(N)=O)NCc1ccccc1C1CC1. The predicted molar refractivity (Wildman–Crippen MR) is 68.5 cm³/mol. The number of carbonyl (C=O) groups is 1. The van der Waals surface area contributed by atoms with Crippen molar-refractivity contribution in [1.82, 2.24) is 5.32 Å². The van der Waals surface area contributed by atoms with Crippen LogP contribution in [0.4, 0.5) is 0 Å². The molecule has 1 aromatic carbocycles. The van der Waals surface area contributed by atoms with Crippen molar-refractivity contribution in [2.75, 3.05) is 0 Å². The van der Waals surface area contributed by atoms with Crippen LogP contribution in [-0.2, 0) is 11.3 Å². The van der Waals surface area contributed by atoms with E-state index in [4.69, 9.17) is 5.73 Å². The average molecular weight is 232 g/mol. The monoisotopic (exact) mass is 232 g/mol. The minimum Gasteiger partial charge on any atom is -0.370 e. The molecule has 1 fully saturated rings. The van der Waals surface area contributed by atoms with Gasteiger partial charge in [-0.25, -0.2) is 0 Å². The summed E-state index contributed by atoms with van der Waals surface area (Å²) in [6, 6.07) is 8.69. The van der Waals surface area contributed by atoms with E-state index in [1.165, 1.54) is 24.0 Å². The van der Waals surface area contributed by atoms with Gasteiger partial charge in [0, 0.05) is 19.0 Å². The van der Waals surface area contributed by atoms with Gasteiger partial charge in [-0.3, -0.25) is 4.79 Å². The van der Waals surface area contributed by atoms with Crippen LogP contribution in [0.2, 0.25) is 0 Å². The quantitative estimate of drug-likeness (QED) is 0.787. The molecule has 17 heavy (non-hydrogen) atoms. The summed E-state index contributed by atoms with van der Waals surface area (Å²) in [7, 11) is 0. The maximum atomic E-state index is 10.8. The zero-order valence-electron chi connectivity index (χ0n) is 10.3. The molecule has 0 saturated heterocycles. The number of hydrogen-bond donors (Lipinski definition) is 2. The van der Waals surface area contributed by atoms with E-state index in [0.717, 1.165) is 12.5 Å². The van der Waals surface area contributed by atoms with Crippen molar-refractivity contribution in [2.24, 2.45) is 5.73 Å². The molecule has 1 unspecified atom stereocenters. The summed E-state index contributed by atoms with van der Waals surface area (Å²) in [5, 5.41) is 3.35. The predicted octanol–water partition coefficient (Wildman–Crippen LogP) is 1.92. The second kappa shape index (κ2) is 5.32. The zero-order chi connectivity index (χ0) is 12.3. The third kappa shape index (κ3) is 3.56. The lowest BCUT2D eigenvalue weighted by atomic mass is 10.0. The Morgan fingerprint density at radius 1 is 1.47 bits per heavy atom. The Morgan fingerprint density at radius 3 is 2.82 bits per heavy atom. The maximum absolute atomic E-state index is 10.8. The van der Waals surface area contributed by atoms with Gasteiger partial charge in [0.15, 0.2) is 0 Å². The molecule has 0 heterocycles. The Labute approximate surface area is 102 Å². The van der Waals surface area contributed by atoms with Gasteiger partial charge in [0.25, 0.3) is 0 Å². The van der Waals surface area contributed by atoms with Crippen molar-refractivity contribution in [3.8, 4) is 0 Å². The largest absolute Gasteiger partial charge is 0.370 e. The topological polar surface area (TPSA) is 55.1 Å². The fraction of sp³-hybridized carbons (Fsp3) is 0.500. The summed E-state index contributed by atoms with van der Waals surface area (Å²) in [5.41, 5.74) is 7.99.